The molecule has 0 bridgehead atoms. The molecule has 1 aliphatic rings. The number of halogens is 1. The van der Waals surface area contributed by atoms with Crippen LogP contribution in [0.15, 0.2) is 29.3 Å². The van der Waals surface area contributed by atoms with E-state index in [4.69, 9.17) is 4.74 Å². The van der Waals surface area contributed by atoms with Crippen LogP contribution >= 0.6 is 35.3 Å². The topological polar surface area (TPSA) is 87.6 Å². The second-order valence-electron chi connectivity index (χ2n) is 7.34. The van der Waals surface area contributed by atoms with Crippen LogP contribution in [0.2, 0.25) is 0 Å². The molecule has 7 nitrogen and oxygen atoms in total. The van der Waals surface area contributed by atoms with Crippen LogP contribution in [0, 0.1) is 13.8 Å². The van der Waals surface area contributed by atoms with E-state index < -0.39 is 0 Å². The molecule has 2 heterocycles. The zero-order valence-corrected chi connectivity index (χ0v) is 21.5. The van der Waals surface area contributed by atoms with E-state index >= 15 is 0 Å². The van der Waals surface area contributed by atoms with Crippen molar-refractivity contribution in [2.45, 2.75) is 52.8 Å². The summed E-state index contributed by atoms with van der Waals surface area (Å²) in [7, 11) is 0. The van der Waals surface area contributed by atoms with Gasteiger partial charge in [0.05, 0.1) is 29.9 Å². The first kappa shape index (κ1) is 25.5. The first-order valence-corrected chi connectivity index (χ1v) is 11.3. The molecule has 9 heteroatoms. The number of aliphatic imine (C=N–C) groups is 1. The van der Waals surface area contributed by atoms with Crippen LogP contribution < -0.4 is 16.0 Å². The second kappa shape index (κ2) is 13.0. The maximum absolute atomic E-state index is 12.5. The number of hydrogen-bond acceptors (Lipinski definition) is 5. The van der Waals surface area contributed by atoms with Crippen molar-refractivity contribution in [3.63, 3.8) is 0 Å². The lowest BCUT2D eigenvalue weighted by molar-refractivity contribution is 0.0857. The van der Waals surface area contributed by atoms with Gasteiger partial charge in [0, 0.05) is 30.1 Å². The van der Waals surface area contributed by atoms with Gasteiger partial charge >= 0.3 is 0 Å². The monoisotopic (exact) mass is 557 g/mol. The fourth-order valence-corrected chi connectivity index (χ4v) is 4.22. The van der Waals surface area contributed by atoms with Gasteiger partial charge in [0.2, 0.25) is 0 Å². The number of amides is 1. The molecule has 170 valence electrons. The minimum absolute atomic E-state index is 0. The third-order valence-corrected chi connectivity index (χ3v) is 5.96. The van der Waals surface area contributed by atoms with Crippen LogP contribution in [0.25, 0.3) is 0 Å². The largest absolute Gasteiger partial charge is 0.376 e. The first-order chi connectivity index (χ1) is 14.5. The molecule has 1 aromatic carbocycles. The Labute approximate surface area is 205 Å². The number of benzene rings is 1. The van der Waals surface area contributed by atoms with E-state index in [1.54, 1.807) is 11.3 Å². The van der Waals surface area contributed by atoms with Crippen molar-refractivity contribution in [3.05, 3.63) is 51.0 Å². The van der Waals surface area contributed by atoms with Crippen molar-refractivity contribution in [1.82, 2.24) is 20.9 Å². The van der Waals surface area contributed by atoms with E-state index in [2.05, 4.69) is 25.9 Å². The number of carbonyl (C=O) groups is 1. The molecule has 1 saturated heterocycles. The number of carbonyl (C=O) groups excluding carboxylic acids is 1. The molecule has 1 unspecified atom stereocenters. The van der Waals surface area contributed by atoms with E-state index in [1.165, 1.54) is 4.88 Å². The highest BCUT2D eigenvalue weighted by Gasteiger charge is 2.16. The third-order valence-electron chi connectivity index (χ3n) is 4.88. The van der Waals surface area contributed by atoms with Gasteiger partial charge in [-0.15, -0.1) is 35.3 Å². The Bertz CT molecular complexity index is 881. The van der Waals surface area contributed by atoms with Crippen molar-refractivity contribution >= 4 is 47.2 Å². The number of guanidine groups is 1. The van der Waals surface area contributed by atoms with Gasteiger partial charge in [0.25, 0.3) is 5.91 Å². The van der Waals surface area contributed by atoms with Crippen molar-refractivity contribution in [2.75, 3.05) is 19.7 Å². The van der Waals surface area contributed by atoms with Crippen LogP contribution in [0.5, 0.6) is 0 Å². The maximum Gasteiger partial charge on any atom is 0.251 e. The van der Waals surface area contributed by atoms with Crippen LogP contribution in [-0.2, 0) is 17.8 Å². The fourth-order valence-electron chi connectivity index (χ4n) is 3.34. The first-order valence-electron chi connectivity index (χ1n) is 10.5. The number of rotatable bonds is 8. The van der Waals surface area contributed by atoms with E-state index in [9.17, 15) is 4.79 Å². The number of hydrogen-bond donors (Lipinski definition) is 3. The lowest BCUT2D eigenvalue weighted by Gasteiger charge is -2.12. The zero-order valence-electron chi connectivity index (χ0n) is 18.4. The highest BCUT2D eigenvalue weighted by Crippen LogP contribution is 2.16. The van der Waals surface area contributed by atoms with Gasteiger partial charge in [-0.1, -0.05) is 12.1 Å². The van der Waals surface area contributed by atoms with Crippen LogP contribution in [0.1, 0.15) is 51.3 Å². The summed E-state index contributed by atoms with van der Waals surface area (Å²) in [6.07, 6.45) is 2.22. The molecule has 1 aliphatic heterocycles. The third kappa shape index (κ3) is 8.04. The van der Waals surface area contributed by atoms with E-state index in [-0.39, 0.29) is 36.0 Å². The highest BCUT2D eigenvalue weighted by molar-refractivity contribution is 14.0. The van der Waals surface area contributed by atoms with Crippen molar-refractivity contribution in [2.24, 2.45) is 4.99 Å². The van der Waals surface area contributed by atoms with Gasteiger partial charge in [0.15, 0.2) is 5.96 Å². The lowest BCUT2D eigenvalue weighted by atomic mass is 10.1. The Morgan fingerprint density at radius 1 is 1.29 bits per heavy atom. The van der Waals surface area contributed by atoms with Gasteiger partial charge in [0.1, 0.15) is 0 Å². The van der Waals surface area contributed by atoms with Gasteiger partial charge in [-0.3, -0.25) is 4.79 Å². The highest BCUT2D eigenvalue weighted by atomic mass is 127. The minimum atomic E-state index is -0.0719. The maximum atomic E-state index is 12.5. The molecule has 1 atom stereocenters. The zero-order chi connectivity index (χ0) is 21.3. The van der Waals surface area contributed by atoms with Crippen LogP contribution in [-0.4, -0.2) is 42.7 Å². The number of nitrogens with zero attached hydrogens (tertiary/aromatic N) is 2. The van der Waals surface area contributed by atoms with E-state index in [0.29, 0.717) is 25.2 Å². The summed E-state index contributed by atoms with van der Waals surface area (Å²) in [5, 5.41) is 10.7. The van der Waals surface area contributed by atoms with E-state index in [1.807, 2.05) is 45.0 Å². The van der Waals surface area contributed by atoms with Gasteiger partial charge in [-0.05, 0) is 51.3 Å². The molecule has 31 heavy (non-hydrogen) atoms. The number of aryl methyl sites for hydroxylation is 2. The molecule has 3 rings (SSSR count). The summed E-state index contributed by atoms with van der Waals surface area (Å²) in [5.74, 6) is 0.675. The van der Waals surface area contributed by atoms with Crippen molar-refractivity contribution < 1.29 is 9.53 Å². The van der Waals surface area contributed by atoms with Gasteiger partial charge < -0.3 is 20.7 Å². The normalized spacial score (nSPS) is 16.0. The lowest BCUT2D eigenvalue weighted by Crippen LogP contribution is -2.36. The second-order valence-corrected chi connectivity index (χ2v) is 8.62. The Hall–Kier alpha value is -1.72. The number of nitrogens with one attached hydrogen (secondary N) is 3. The molecule has 1 amide bonds. The molecular formula is C22H32IN5O2S. The molecule has 0 spiro atoms. The summed E-state index contributed by atoms with van der Waals surface area (Å²) >= 11 is 1.70. The quantitative estimate of drug-likeness (QED) is 0.263. The average molecular weight is 558 g/mol. The summed E-state index contributed by atoms with van der Waals surface area (Å²) in [4.78, 5) is 22.8. The minimum Gasteiger partial charge on any atom is -0.376 e. The molecule has 0 aliphatic carbocycles. The van der Waals surface area contributed by atoms with Crippen molar-refractivity contribution in [1.29, 1.82) is 0 Å². The van der Waals surface area contributed by atoms with Gasteiger partial charge in [-0.25, -0.2) is 9.98 Å². The molecule has 0 saturated carbocycles. The van der Waals surface area contributed by atoms with Gasteiger partial charge in [-0.2, -0.15) is 0 Å². The molecule has 1 fully saturated rings. The predicted octanol–water partition coefficient (Wildman–Crippen LogP) is 3.54. The Kier molecular flexibility index (Phi) is 10.7. The Morgan fingerprint density at radius 3 is 2.81 bits per heavy atom. The SMILES string of the molecule is CCNC(=NCc1cccc(C(=O)NCC2CCCO2)c1)NCc1sc(C)nc1C.I. The number of aromatic nitrogens is 1. The summed E-state index contributed by atoms with van der Waals surface area (Å²) in [6.45, 7) is 9.39. The van der Waals surface area contributed by atoms with Crippen LogP contribution in [0.4, 0.5) is 0 Å². The molecule has 1 aromatic heterocycles. The molecule has 0 radical (unpaired) electrons. The molecule has 3 N–H and O–H groups in total. The van der Waals surface area contributed by atoms with Crippen LogP contribution in [0.3, 0.4) is 0 Å². The molecular weight excluding hydrogens is 525 g/mol. The Balaban J connectivity index is 0.00000341. The number of ether oxygens (including phenoxy) is 1. The number of thiazole rings is 1. The Morgan fingerprint density at radius 2 is 2.13 bits per heavy atom. The summed E-state index contributed by atoms with van der Waals surface area (Å²) in [5.41, 5.74) is 2.69. The van der Waals surface area contributed by atoms with Crippen molar-refractivity contribution in [3.8, 4) is 0 Å². The smallest absolute Gasteiger partial charge is 0.251 e. The summed E-state index contributed by atoms with van der Waals surface area (Å²) in [6, 6.07) is 7.61. The fraction of sp³-hybridized carbons (Fsp3) is 0.500. The summed E-state index contributed by atoms with van der Waals surface area (Å²) < 4.78 is 5.56. The molecule has 2 aromatic rings. The standard InChI is InChI=1S/C22H31N5O2S.HI/c1-4-23-22(26-14-20-15(2)27-16(3)30-20)25-12-17-7-5-8-18(11-17)21(28)24-13-19-9-6-10-29-19;/h5,7-8,11,19H,4,6,9-10,12-14H2,1-3H3,(H,24,28)(H2,23,25,26);1H. The predicted molar refractivity (Wildman–Crippen MR) is 136 cm³/mol. The average Bonchev–Trinajstić information content (AvgIpc) is 3.37. The van der Waals surface area contributed by atoms with E-state index in [0.717, 1.165) is 48.2 Å².